The molecule has 188 valence electrons. The molecule has 2 aliphatic heterocycles. The minimum atomic E-state index is -0.293. The van der Waals surface area contributed by atoms with Crippen LogP contribution in [0.25, 0.3) is 11.4 Å². The molecular formula is C28H27FN6O2. The van der Waals surface area contributed by atoms with Crippen LogP contribution in [-0.4, -0.2) is 52.1 Å². The van der Waals surface area contributed by atoms with Gasteiger partial charge in [0.15, 0.2) is 0 Å². The quantitative estimate of drug-likeness (QED) is 0.416. The molecule has 0 aliphatic carbocycles. The predicted molar refractivity (Wildman–Crippen MR) is 137 cm³/mol. The average molecular weight is 499 g/mol. The number of aromatic nitrogens is 3. The molecule has 0 radical (unpaired) electrons. The molecule has 1 atom stereocenters. The van der Waals surface area contributed by atoms with Crippen molar-refractivity contribution in [1.82, 2.24) is 20.0 Å². The van der Waals surface area contributed by atoms with Crippen molar-refractivity contribution in [2.75, 3.05) is 36.0 Å². The average Bonchev–Trinajstić information content (AvgIpc) is 3.43. The zero-order valence-corrected chi connectivity index (χ0v) is 20.5. The first-order valence-corrected chi connectivity index (χ1v) is 12.4. The van der Waals surface area contributed by atoms with Crippen LogP contribution in [0, 0.1) is 5.82 Å². The maximum atomic E-state index is 13.2. The van der Waals surface area contributed by atoms with Gasteiger partial charge in [-0.05, 0) is 47.5 Å². The smallest absolute Gasteiger partial charge is 0.250 e. The van der Waals surface area contributed by atoms with Gasteiger partial charge in [-0.3, -0.25) is 4.79 Å². The molecule has 8 nitrogen and oxygen atoms in total. The van der Waals surface area contributed by atoms with Gasteiger partial charge in [-0.2, -0.15) is 4.98 Å². The fraction of sp³-hybridized carbons (Fsp3) is 0.286. The molecule has 1 amide bonds. The van der Waals surface area contributed by atoms with Crippen molar-refractivity contribution in [3.05, 3.63) is 89.7 Å². The Morgan fingerprint density at radius 1 is 0.946 bits per heavy atom. The lowest BCUT2D eigenvalue weighted by Gasteiger charge is -2.36. The van der Waals surface area contributed by atoms with Gasteiger partial charge >= 0.3 is 0 Å². The van der Waals surface area contributed by atoms with Gasteiger partial charge in [0.2, 0.25) is 17.6 Å². The van der Waals surface area contributed by atoms with E-state index in [0.29, 0.717) is 24.7 Å². The summed E-state index contributed by atoms with van der Waals surface area (Å²) in [6, 6.07) is 18.4. The fourth-order valence-corrected chi connectivity index (χ4v) is 5.11. The van der Waals surface area contributed by atoms with Crippen LogP contribution in [0.1, 0.15) is 30.0 Å². The highest BCUT2D eigenvalue weighted by molar-refractivity contribution is 5.74. The van der Waals surface area contributed by atoms with Crippen LogP contribution in [0.15, 0.2) is 71.4 Å². The van der Waals surface area contributed by atoms with E-state index in [1.807, 2.05) is 36.4 Å². The molecule has 1 saturated heterocycles. The lowest BCUT2D eigenvalue weighted by Crippen LogP contribution is -2.46. The number of benzene rings is 2. The molecular weight excluding hydrogens is 471 g/mol. The monoisotopic (exact) mass is 498 g/mol. The molecule has 1 unspecified atom stereocenters. The second-order valence-corrected chi connectivity index (χ2v) is 9.45. The molecule has 4 heterocycles. The Balaban J connectivity index is 1.14. The Kier molecular flexibility index (Phi) is 6.04. The number of carbonyl (C=O) groups is 1. The van der Waals surface area contributed by atoms with E-state index in [9.17, 15) is 9.18 Å². The third kappa shape index (κ3) is 4.64. The summed E-state index contributed by atoms with van der Waals surface area (Å²) in [7, 11) is 0. The van der Waals surface area contributed by atoms with E-state index >= 15 is 0 Å². The summed E-state index contributed by atoms with van der Waals surface area (Å²) in [6.45, 7) is 5.40. The summed E-state index contributed by atoms with van der Waals surface area (Å²) in [5.41, 5.74) is 4.12. The molecule has 0 saturated carbocycles. The zero-order chi connectivity index (χ0) is 25.4. The van der Waals surface area contributed by atoms with E-state index in [1.54, 1.807) is 18.0 Å². The van der Waals surface area contributed by atoms with Gasteiger partial charge < -0.3 is 19.2 Å². The van der Waals surface area contributed by atoms with E-state index in [2.05, 4.69) is 37.1 Å². The number of anilines is 2. The molecule has 0 spiro atoms. The highest BCUT2D eigenvalue weighted by Gasteiger charge is 2.33. The van der Waals surface area contributed by atoms with Gasteiger partial charge in [-0.1, -0.05) is 29.4 Å². The third-order valence-electron chi connectivity index (χ3n) is 7.18. The van der Waals surface area contributed by atoms with Crippen molar-refractivity contribution in [2.45, 2.75) is 25.9 Å². The third-order valence-corrected chi connectivity index (χ3v) is 7.18. The Labute approximate surface area is 214 Å². The number of halogens is 1. The molecule has 2 aromatic heterocycles. The topological polar surface area (TPSA) is 78.6 Å². The van der Waals surface area contributed by atoms with Crippen LogP contribution in [0.5, 0.6) is 0 Å². The molecule has 0 N–H and O–H groups in total. The van der Waals surface area contributed by atoms with Crippen LogP contribution >= 0.6 is 0 Å². The zero-order valence-electron chi connectivity index (χ0n) is 20.5. The van der Waals surface area contributed by atoms with Crippen LogP contribution in [0.2, 0.25) is 0 Å². The first-order valence-electron chi connectivity index (χ1n) is 12.4. The van der Waals surface area contributed by atoms with Crippen molar-refractivity contribution >= 4 is 17.4 Å². The van der Waals surface area contributed by atoms with Gasteiger partial charge in [-0.25, -0.2) is 9.37 Å². The van der Waals surface area contributed by atoms with Crippen molar-refractivity contribution in [1.29, 1.82) is 0 Å². The number of fused-ring (bicyclic) bond motifs is 1. The molecule has 9 heteroatoms. The van der Waals surface area contributed by atoms with Crippen molar-refractivity contribution in [3.63, 3.8) is 0 Å². The minimum absolute atomic E-state index is 0.0233. The summed E-state index contributed by atoms with van der Waals surface area (Å²) < 4.78 is 18.9. The minimum Gasteiger partial charge on any atom is -0.368 e. The van der Waals surface area contributed by atoms with Gasteiger partial charge in [-0.15, -0.1) is 0 Å². The maximum absolute atomic E-state index is 13.2. The summed E-state index contributed by atoms with van der Waals surface area (Å²) in [6.07, 6.45) is 2.40. The Morgan fingerprint density at radius 2 is 1.68 bits per heavy atom. The first kappa shape index (κ1) is 23.1. The molecule has 1 fully saturated rings. The number of hydrogen-bond donors (Lipinski definition) is 0. The number of pyridine rings is 1. The molecule has 0 bridgehead atoms. The number of nitrogens with zero attached hydrogens (tertiary/aromatic N) is 6. The lowest BCUT2D eigenvalue weighted by molar-refractivity contribution is -0.133. The predicted octanol–water partition coefficient (Wildman–Crippen LogP) is 4.24. The standard InChI is InChI=1S/C28H27FN6O2/c1-19(36)35-18-22-5-3-2-4-20(22)16-25(35)28-31-27(32-37-28)21-6-11-26(30-17-21)34-14-12-33(13-15-34)24-9-7-23(29)8-10-24/h2-11,17,25H,12-16,18H2,1H3. The Bertz CT molecular complexity index is 1400. The van der Waals surface area contributed by atoms with Gasteiger partial charge in [0, 0.05) is 63.5 Å². The second-order valence-electron chi connectivity index (χ2n) is 9.45. The van der Waals surface area contributed by atoms with E-state index in [0.717, 1.165) is 48.8 Å². The molecule has 6 rings (SSSR count). The number of carbonyl (C=O) groups excluding carboxylic acids is 1. The van der Waals surface area contributed by atoms with Crippen LogP contribution < -0.4 is 9.80 Å². The highest BCUT2D eigenvalue weighted by atomic mass is 19.1. The van der Waals surface area contributed by atoms with Crippen LogP contribution in [0.3, 0.4) is 0 Å². The summed E-state index contributed by atoms with van der Waals surface area (Å²) in [5, 5.41) is 4.19. The number of piperazine rings is 1. The second kappa shape index (κ2) is 9.65. The Morgan fingerprint density at radius 3 is 2.38 bits per heavy atom. The summed E-state index contributed by atoms with van der Waals surface area (Å²) in [5.74, 6) is 1.53. The number of rotatable bonds is 4. The largest absolute Gasteiger partial charge is 0.368 e. The van der Waals surface area contributed by atoms with E-state index < -0.39 is 0 Å². The highest BCUT2D eigenvalue weighted by Crippen LogP contribution is 2.33. The van der Waals surface area contributed by atoms with E-state index in [1.165, 1.54) is 17.7 Å². The molecule has 4 aromatic rings. The number of amides is 1. The van der Waals surface area contributed by atoms with Crippen LogP contribution in [0.4, 0.5) is 15.9 Å². The maximum Gasteiger partial charge on any atom is 0.250 e. The van der Waals surface area contributed by atoms with Crippen LogP contribution in [-0.2, 0) is 17.8 Å². The normalized spacial score (nSPS) is 17.6. The molecule has 2 aromatic carbocycles. The van der Waals surface area contributed by atoms with E-state index in [-0.39, 0.29) is 17.8 Å². The summed E-state index contributed by atoms with van der Waals surface area (Å²) >= 11 is 0. The van der Waals surface area contributed by atoms with Gasteiger partial charge in [0.05, 0.1) is 0 Å². The van der Waals surface area contributed by atoms with Crippen molar-refractivity contribution < 1.29 is 13.7 Å². The fourth-order valence-electron chi connectivity index (χ4n) is 5.11. The number of hydrogen-bond acceptors (Lipinski definition) is 7. The molecule has 2 aliphatic rings. The lowest BCUT2D eigenvalue weighted by atomic mass is 9.94. The molecule has 37 heavy (non-hydrogen) atoms. The van der Waals surface area contributed by atoms with E-state index in [4.69, 9.17) is 4.52 Å². The first-order chi connectivity index (χ1) is 18.0. The Hall–Kier alpha value is -4.27. The van der Waals surface area contributed by atoms with Gasteiger partial charge in [0.1, 0.15) is 17.7 Å². The van der Waals surface area contributed by atoms with Gasteiger partial charge in [0.25, 0.3) is 0 Å². The SMILES string of the molecule is CC(=O)N1Cc2ccccc2CC1c1nc(-c2ccc(N3CCN(c4ccc(F)cc4)CC3)nc2)no1. The van der Waals surface area contributed by atoms with Crippen molar-refractivity contribution in [2.24, 2.45) is 0 Å². The summed E-state index contributed by atoms with van der Waals surface area (Å²) in [4.78, 5) is 27.9. The van der Waals surface area contributed by atoms with Crippen molar-refractivity contribution in [3.8, 4) is 11.4 Å².